The van der Waals surface area contributed by atoms with Gasteiger partial charge in [0, 0.05) is 29.6 Å². The van der Waals surface area contributed by atoms with E-state index in [1.54, 1.807) is 24.4 Å². The van der Waals surface area contributed by atoms with Gasteiger partial charge in [-0.3, -0.25) is 9.52 Å². The fraction of sp³-hybridized carbons (Fsp3) is 0.182. The number of amides is 1. The van der Waals surface area contributed by atoms with Gasteiger partial charge < -0.3 is 10.1 Å². The molecule has 3 aromatic rings. The van der Waals surface area contributed by atoms with Gasteiger partial charge in [0.1, 0.15) is 0 Å². The number of rotatable bonds is 8. The third kappa shape index (κ3) is 5.36. The van der Waals surface area contributed by atoms with Crippen molar-refractivity contribution in [3.05, 3.63) is 83.6 Å². The van der Waals surface area contributed by atoms with Crippen LogP contribution in [-0.4, -0.2) is 25.9 Å². The largest absolute Gasteiger partial charge is 0.478 e. The number of aryl methyl sites for hydroxylation is 1. The zero-order valence-electron chi connectivity index (χ0n) is 16.8. The highest BCUT2D eigenvalue weighted by molar-refractivity contribution is 7.92. The minimum absolute atomic E-state index is 0.0746. The van der Waals surface area contributed by atoms with Crippen molar-refractivity contribution in [2.75, 3.05) is 11.3 Å². The SMILES string of the molecule is CCOc1ncccc1CNC(=O)c1ccc(S(=O)(=O)Nc2ccc(C)cc2)cc1. The van der Waals surface area contributed by atoms with Gasteiger partial charge in [0.2, 0.25) is 5.88 Å². The van der Waals surface area contributed by atoms with Crippen LogP contribution in [0.15, 0.2) is 71.8 Å². The standard InChI is InChI=1S/C22H23N3O4S/c1-3-29-22-18(5-4-14-23-22)15-24-21(26)17-8-12-20(13-9-17)30(27,28)25-19-10-6-16(2)7-11-19/h4-14,25H,3,15H2,1-2H3,(H,24,26). The van der Waals surface area contributed by atoms with Crippen LogP contribution in [0.1, 0.15) is 28.4 Å². The first-order chi connectivity index (χ1) is 14.4. The summed E-state index contributed by atoms with van der Waals surface area (Å²) in [4.78, 5) is 16.7. The Balaban J connectivity index is 1.66. The lowest BCUT2D eigenvalue weighted by Crippen LogP contribution is -2.23. The molecule has 0 unspecified atom stereocenters. The molecule has 30 heavy (non-hydrogen) atoms. The topological polar surface area (TPSA) is 97.4 Å². The number of nitrogens with one attached hydrogen (secondary N) is 2. The number of carbonyl (C=O) groups excluding carboxylic acids is 1. The van der Waals surface area contributed by atoms with Gasteiger partial charge in [-0.15, -0.1) is 0 Å². The molecular formula is C22H23N3O4S. The van der Waals surface area contributed by atoms with Gasteiger partial charge in [-0.25, -0.2) is 13.4 Å². The van der Waals surface area contributed by atoms with Crippen molar-refractivity contribution in [2.45, 2.75) is 25.3 Å². The summed E-state index contributed by atoms with van der Waals surface area (Å²) >= 11 is 0. The molecule has 156 valence electrons. The fourth-order valence-corrected chi connectivity index (χ4v) is 3.78. The zero-order valence-corrected chi connectivity index (χ0v) is 17.6. The number of sulfonamides is 1. The smallest absolute Gasteiger partial charge is 0.261 e. The highest BCUT2D eigenvalue weighted by Gasteiger charge is 2.15. The predicted octanol–water partition coefficient (Wildman–Crippen LogP) is 3.52. The Kier molecular flexibility index (Phi) is 6.68. The van der Waals surface area contributed by atoms with Crippen LogP contribution in [0, 0.1) is 6.92 Å². The lowest BCUT2D eigenvalue weighted by atomic mass is 10.2. The first kappa shape index (κ1) is 21.3. The fourth-order valence-electron chi connectivity index (χ4n) is 2.72. The molecule has 8 heteroatoms. The molecule has 1 amide bonds. The third-order valence-electron chi connectivity index (χ3n) is 4.30. The first-order valence-corrected chi connectivity index (χ1v) is 10.9. The first-order valence-electron chi connectivity index (χ1n) is 9.43. The third-order valence-corrected chi connectivity index (χ3v) is 5.70. The van der Waals surface area contributed by atoms with Gasteiger partial charge in [-0.1, -0.05) is 23.8 Å². The van der Waals surface area contributed by atoms with E-state index in [-0.39, 0.29) is 17.3 Å². The second kappa shape index (κ2) is 9.41. The number of aromatic nitrogens is 1. The average Bonchev–Trinajstić information content (AvgIpc) is 2.75. The van der Waals surface area contributed by atoms with Gasteiger partial charge in [0.25, 0.3) is 15.9 Å². The Labute approximate surface area is 176 Å². The number of benzene rings is 2. The van der Waals surface area contributed by atoms with E-state index in [2.05, 4.69) is 15.0 Å². The Bertz CT molecular complexity index is 1110. The molecule has 0 bridgehead atoms. The quantitative estimate of drug-likeness (QED) is 0.576. The van der Waals surface area contributed by atoms with Crippen molar-refractivity contribution < 1.29 is 17.9 Å². The highest BCUT2D eigenvalue weighted by atomic mass is 32.2. The molecule has 0 radical (unpaired) electrons. The van der Waals surface area contributed by atoms with Crippen LogP contribution < -0.4 is 14.8 Å². The Morgan fingerprint density at radius 3 is 2.40 bits per heavy atom. The summed E-state index contributed by atoms with van der Waals surface area (Å²) in [7, 11) is -3.74. The minimum atomic E-state index is -3.74. The average molecular weight is 426 g/mol. The lowest BCUT2D eigenvalue weighted by Gasteiger charge is -2.11. The van der Waals surface area contributed by atoms with E-state index in [0.717, 1.165) is 11.1 Å². The van der Waals surface area contributed by atoms with Crippen LogP contribution in [0.25, 0.3) is 0 Å². The van der Waals surface area contributed by atoms with Crippen LogP contribution in [0.2, 0.25) is 0 Å². The molecule has 3 rings (SSSR count). The Morgan fingerprint density at radius 2 is 1.73 bits per heavy atom. The minimum Gasteiger partial charge on any atom is -0.478 e. The van der Waals surface area contributed by atoms with Crippen molar-refractivity contribution in [1.29, 1.82) is 0 Å². The summed E-state index contributed by atoms with van der Waals surface area (Å²) in [5, 5.41) is 2.79. The molecule has 2 aromatic carbocycles. The summed E-state index contributed by atoms with van der Waals surface area (Å²) in [6, 6.07) is 16.4. The van der Waals surface area contributed by atoms with Crippen molar-refractivity contribution in [1.82, 2.24) is 10.3 Å². The van der Waals surface area contributed by atoms with Gasteiger partial charge >= 0.3 is 0 Å². The van der Waals surface area contributed by atoms with Crippen LogP contribution in [0.4, 0.5) is 5.69 Å². The van der Waals surface area contributed by atoms with E-state index < -0.39 is 10.0 Å². The van der Waals surface area contributed by atoms with Crippen LogP contribution >= 0.6 is 0 Å². The predicted molar refractivity (Wildman–Crippen MR) is 115 cm³/mol. The van der Waals surface area contributed by atoms with Gasteiger partial charge in [-0.2, -0.15) is 0 Å². The maximum atomic E-state index is 12.5. The lowest BCUT2D eigenvalue weighted by molar-refractivity contribution is 0.0950. The molecule has 0 aliphatic rings. The zero-order chi connectivity index (χ0) is 21.6. The summed E-state index contributed by atoms with van der Waals surface area (Å²) < 4.78 is 33.1. The highest BCUT2D eigenvalue weighted by Crippen LogP contribution is 2.18. The second-order valence-electron chi connectivity index (χ2n) is 6.58. The molecule has 7 nitrogen and oxygen atoms in total. The maximum absolute atomic E-state index is 12.5. The number of hydrogen-bond donors (Lipinski definition) is 2. The molecule has 0 atom stereocenters. The normalized spacial score (nSPS) is 11.0. The van der Waals surface area contributed by atoms with E-state index in [1.165, 1.54) is 24.3 Å². The molecular weight excluding hydrogens is 402 g/mol. The number of ether oxygens (including phenoxy) is 1. The van der Waals surface area contributed by atoms with Crippen LogP contribution in [0.5, 0.6) is 5.88 Å². The number of carbonyl (C=O) groups is 1. The number of anilines is 1. The summed E-state index contributed by atoms with van der Waals surface area (Å²) in [6.07, 6.45) is 1.63. The van der Waals surface area contributed by atoms with E-state index in [1.807, 2.05) is 32.0 Å². The Morgan fingerprint density at radius 1 is 1.03 bits per heavy atom. The molecule has 0 aliphatic heterocycles. The van der Waals surface area contributed by atoms with Gasteiger partial charge in [0.15, 0.2) is 0 Å². The van der Waals surface area contributed by atoms with E-state index in [4.69, 9.17) is 4.74 Å². The van der Waals surface area contributed by atoms with Crippen molar-refractivity contribution in [2.24, 2.45) is 0 Å². The molecule has 0 spiro atoms. The molecule has 1 aromatic heterocycles. The summed E-state index contributed by atoms with van der Waals surface area (Å²) in [5.74, 6) is 0.153. The Hall–Kier alpha value is -3.39. The van der Waals surface area contributed by atoms with E-state index >= 15 is 0 Å². The summed E-state index contributed by atoms with van der Waals surface area (Å²) in [5.41, 5.74) is 2.62. The number of nitrogens with zero attached hydrogens (tertiary/aromatic N) is 1. The molecule has 0 saturated heterocycles. The number of pyridine rings is 1. The monoisotopic (exact) mass is 425 g/mol. The summed E-state index contributed by atoms with van der Waals surface area (Å²) in [6.45, 7) is 4.51. The molecule has 0 aliphatic carbocycles. The van der Waals surface area contributed by atoms with Gasteiger partial charge in [-0.05, 0) is 56.3 Å². The second-order valence-corrected chi connectivity index (χ2v) is 8.26. The number of hydrogen-bond acceptors (Lipinski definition) is 5. The molecule has 1 heterocycles. The van der Waals surface area contributed by atoms with Crippen molar-refractivity contribution in [3.63, 3.8) is 0 Å². The molecule has 0 fully saturated rings. The van der Waals surface area contributed by atoms with Crippen molar-refractivity contribution >= 4 is 21.6 Å². The molecule has 2 N–H and O–H groups in total. The van der Waals surface area contributed by atoms with Crippen LogP contribution in [0.3, 0.4) is 0 Å². The molecule has 0 saturated carbocycles. The van der Waals surface area contributed by atoms with Crippen LogP contribution in [-0.2, 0) is 16.6 Å². The van der Waals surface area contributed by atoms with E-state index in [9.17, 15) is 13.2 Å². The van der Waals surface area contributed by atoms with Gasteiger partial charge in [0.05, 0.1) is 11.5 Å². The van der Waals surface area contributed by atoms with Crippen molar-refractivity contribution in [3.8, 4) is 5.88 Å². The van der Waals surface area contributed by atoms with E-state index in [0.29, 0.717) is 23.7 Å². The maximum Gasteiger partial charge on any atom is 0.261 e.